The van der Waals surface area contributed by atoms with Crippen molar-refractivity contribution in [2.24, 2.45) is 5.73 Å². The Labute approximate surface area is 91.5 Å². The van der Waals surface area contributed by atoms with Crippen LogP contribution in [0.15, 0.2) is 24.3 Å². The average Bonchev–Trinajstić information content (AvgIpc) is 2.17. The van der Waals surface area contributed by atoms with Gasteiger partial charge in [0.2, 0.25) is 5.91 Å². The Hall–Kier alpha value is -1.31. The van der Waals surface area contributed by atoms with Crippen molar-refractivity contribution in [1.82, 2.24) is 0 Å². The Balaban J connectivity index is 2.78. The molecule has 15 heavy (non-hydrogen) atoms. The second-order valence-electron chi connectivity index (χ2n) is 4.07. The van der Waals surface area contributed by atoms with Crippen LogP contribution in [-0.4, -0.2) is 5.91 Å². The molecule has 0 spiro atoms. The molecule has 1 atom stereocenters. The van der Waals surface area contributed by atoms with Gasteiger partial charge in [0.25, 0.3) is 0 Å². The van der Waals surface area contributed by atoms with Crippen LogP contribution in [0.4, 0.5) is 0 Å². The van der Waals surface area contributed by atoms with Crippen molar-refractivity contribution < 1.29 is 4.79 Å². The molecule has 82 valence electrons. The lowest BCUT2D eigenvalue weighted by Gasteiger charge is -2.14. The molecule has 0 heterocycles. The number of carbonyl (C=O) groups is 1. The van der Waals surface area contributed by atoms with Gasteiger partial charge >= 0.3 is 0 Å². The minimum absolute atomic E-state index is 0.214. The first kappa shape index (κ1) is 11.8. The third kappa shape index (κ3) is 3.74. The summed E-state index contributed by atoms with van der Waals surface area (Å²) in [4.78, 5) is 10.9. The van der Waals surface area contributed by atoms with E-state index in [1.807, 2.05) is 0 Å². The van der Waals surface area contributed by atoms with E-state index in [2.05, 4.69) is 38.1 Å². The molecule has 1 aromatic rings. The molecule has 2 nitrogen and oxygen atoms in total. The molecule has 2 N–H and O–H groups in total. The van der Waals surface area contributed by atoms with E-state index in [4.69, 9.17) is 5.73 Å². The van der Waals surface area contributed by atoms with Crippen molar-refractivity contribution in [3.05, 3.63) is 35.4 Å². The van der Waals surface area contributed by atoms with Crippen LogP contribution in [-0.2, 0) is 4.79 Å². The summed E-state index contributed by atoms with van der Waals surface area (Å²) in [6.45, 7) is 4.19. The van der Waals surface area contributed by atoms with Gasteiger partial charge in [0.05, 0.1) is 0 Å². The van der Waals surface area contributed by atoms with Crippen LogP contribution in [0.25, 0.3) is 0 Å². The second kappa shape index (κ2) is 5.54. The summed E-state index contributed by atoms with van der Waals surface area (Å²) in [5.74, 6) is 0.0714. The first-order valence-electron chi connectivity index (χ1n) is 5.48. The fourth-order valence-electron chi connectivity index (χ4n) is 1.82. The molecule has 1 amide bonds. The number of nitrogens with two attached hydrogens (primary N) is 1. The Kier molecular flexibility index (Phi) is 4.35. The monoisotopic (exact) mass is 205 g/mol. The van der Waals surface area contributed by atoms with Crippen molar-refractivity contribution in [3.8, 4) is 0 Å². The molecule has 0 aromatic heterocycles. The second-order valence-corrected chi connectivity index (χ2v) is 4.07. The van der Waals surface area contributed by atoms with Crippen LogP contribution in [0.3, 0.4) is 0 Å². The SMILES string of the molecule is CCCC(CC(N)=O)c1ccc(C)cc1. The van der Waals surface area contributed by atoms with Crippen molar-refractivity contribution >= 4 is 5.91 Å². The minimum atomic E-state index is -0.214. The summed E-state index contributed by atoms with van der Waals surface area (Å²) in [6, 6.07) is 8.36. The maximum absolute atomic E-state index is 10.9. The number of carbonyl (C=O) groups excluding carboxylic acids is 1. The number of rotatable bonds is 5. The van der Waals surface area contributed by atoms with Gasteiger partial charge in [-0.2, -0.15) is 0 Å². The standard InChI is InChI=1S/C13H19NO/c1-3-4-12(9-13(14)15)11-7-5-10(2)6-8-11/h5-8,12H,3-4,9H2,1-2H3,(H2,14,15). The average molecular weight is 205 g/mol. The number of aryl methyl sites for hydroxylation is 1. The molecule has 1 aromatic carbocycles. The third-order valence-corrected chi connectivity index (χ3v) is 2.63. The molecule has 1 rings (SSSR count). The van der Waals surface area contributed by atoms with E-state index in [0.29, 0.717) is 6.42 Å². The number of hydrogen-bond donors (Lipinski definition) is 1. The van der Waals surface area contributed by atoms with Gasteiger partial charge in [-0.1, -0.05) is 43.2 Å². The highest BCUT2D eigenvalue weighted by atomic mass is 16.1. The lowest BCUT2D eigenvalue weighted by atomic mass is 9.91. The molecule has 0 aliphatic rings. The number of benzene rings is 1. The predicted octanol–water partition coefficient (Wildman–Crippen LogP) is 2.75. The quantitative estimate of drug-likeness (QED) is 0.789. The Bertz CT molecular complexity index is 316. The van der Waals surface area contributed by atoms with Crippen LogP contribution in [0.5, 0.6) is 0 Å². The van der Waals surface area contributed by atoms with Gasteiger partial charge in [-0.25, -0.2) is 0 Å². The van der Waals surface area contributed by atoms with E-state index in [1.54, 1.807) is 0 Å². The Morgan fingerprint density at radius 3 is 2.40 bits per heavy atom. The van der Waals surface area contributed by atoms with Crippen molar-refractivity contribution in [2.75, 3.05) is 0 Å². The number of amides is 1. The van der Waals surface area contributed by atoms with Gasteiger partial charge in [-0.3, -0.25) is 4.79 Å². The topological polar surface area (TPSA) is 43.1 Å². The smallest absolute Gasteiger partial charge is 0.218 e. The fourth-order valence-corrected chi connectivity index (χ4v) is 1.82. The van der Waals surface area contributed by atoms with Crippen LogP contribution in [0.2, 0.25) is 0 Å². The highest BCUT2D eigenvalue weighted by molar-refractivity contribution is 5.74. The molecule has 0 bridgehead atoms. The first-order chi connectivity index (χ1) is 7.13. The summed E-state index contributed by atoms with van der Waals surface area (Å²) in [5, 5.41) is 0. The van der Waals surface area contributed by atoms with E-state index >= 15 is 0 Å². The molecule has 0 aliphatic heterocycles. The number of primary amides is 1. The van der Waals surface area contributed by atoms with Gasteiger partial charge in [-0.15, -0.1) is 0 Å². The summed E-state index contributed by atoms with van der Waals surface area (Å²) in [5.41, 5.74) is 7.72. The molecule has 2 heteroatoms. The molecule has 0 saturated heterocycles. The van der Waals surface area contributed by atoms with E-state index in [-0.39, 0.29) is 11.8 Å². The molecular formula is C13H19NO. The van der Waals surface area contributed by atoms with Crippen molar-refractivity contribution in [3.63, 3.8) is 0 Å². The molecule has 0 radical (unpaired) electrons. The lowest BCUT2D eigenvalue weighted by Crippen LogP contribution is -2.15. The summed E-state index contributed by atoms with van der Waals surface area (Å²) >= 11 is 0. The van der Waals surface area contributed by atoms with E-state index in [1.165, 1.54) is 11.1 Å². The molecule has 0 fully saturated rings. The summed E-state index contributed by atoms with van der Waals surface area (Å²) < 4.78 is 0. The molecule has 1 unspecified atom stereocenters. The van der Waals surface area contributed by atoms with E-state index in [9.17, 15) is 4.79 Å². The highest BCUT2D eigenvalue weighted by Gasteiger charge is 2.12. The van der Waals surface area contributed by atoms with Crippen LogP contribution in [0, 0.1) is 6.92 Å². The summed E-state index contributed by atoms with van der Waals surface area (Å²) in [7, 11) is 0. The van der Waals surface area contributed by atoms with Crippen molar-refractivity contribution in [1.29, 1.82) is 0 Å². The van der Waals surface area contributed by atoms with Gasteiger partial charge in [0, 0.05) is 6.42 Å². The van der Waals surface area contributed by atoms with E-state index < -0.39 is 0 Å². The van der Waals surface area contributed by atoms with Crippen LogP contribution >= 0.6 is 0 Å². The maximum Gasteiger partial charge on any atom is 0.218 e. The predicted molar refractivity (Wildman–Crippen MR) is 62.6 cm³/mol. The zero-order valence-corrected chi connectivity index (χ0v) is 9.49. The third-order valence-electron chi connectivity index (χ3n) is 2.63. The summed E-state index contributed by atoms with van der Waals surface area (Å²) in [6.07, 6.45) is 2.55. The van der Waals surface area contributed by atoms with Gasteiger partial charge in [0.15, 0.2) is 0 Å². The zero-order valence-electron chi connectivity index (χ0n) is 9.49. The lowest BCUT2D eigenvalue weighted by molar-refractivity contribution is -0.118. The van der Waals surface area contributed by atoms with Crippen LogP contribution in [0.1, 0.15) is 43.2 Å². The first-order valence-corrected chi connectivity index (χ1v) is 5.48. The Morgan fingerprint density at radius 1 is 1.33 bits per heavy atom. The zero-order chi connectivity index (χ0) is 11.3. The van der Waals surface area contributed by atoms with Gasteiger partial charge in [-0.05, 0) is 24.8 Å². The van der Waals surface area contributed by atoms with Crippen molar-refractivity contribution in [2.45, 2.75) is 39.0 Å². The largest absolute Gasteiger partial charge is 0.370 e. The molecule has 0 saturated carbocycles. The maximum atomic E-state index is 10.9. The Morgan fingerprint density at radius 2 is 1.93 bits per heavy atom. The van der Waals surface area contributed by atoms with Gasteiger partial charge < -0.3 is 5.73 Å². The van der Waals surface area contributed by atoms with E-state index in [0.717, 1.165) is 12.8 Å². The van der Waals surface area contributed by atoms with Crippen LogP contribution < -0.4 is 5.73 Å². The molecular weight excluding hydrogens is 186 g/mol. The normalized spacial score (nSPS) is 12.4. The molecule has 0 aliphatic carbocycles. The van der Waals surface area contributed by atoms with Gasteiger partial charge in [0.1, 0.15) is 0 Å². The minimum Gasteiger partial charge on any atom is -0.370 e. The number of hydrogen-bond acceptors (Lipinski definition) is 1. The highest BCUT2D eigenvalue weighted by Crippen LogP contribution is 2.24. The fraction of sp³-hybridized carbons (Fsp3) is 0.462.